The third-order valence-electron chi connectivity index (χ3n) is 3.16. The fraction of sp³-hybridized carbons (Fsp3) is 0.556. The van der Waals surface area contributed by atoms with Crippen LogP contribution in [0.5, 0.6) is 5.75 Å². The number of alkyl carbamates (subject to hydrolysis) is 1. The summed E-state index contributed by atoms with van der Waals surface area (Å²) in [5.74, 6) is -14.6. The predicted molar refractivity (Wildman–Crippen MR) is 89.1 cm³/mol. The van der Waals surface area contributed by atoms with E-state index in [-0.39, 0.29) is 6.42 Å². The zero-order chi connectivity index (χ0) is 22.0. The second kappa shape index (κ2) is 8.32. The van der Waals surface area contributed by atoms with E-state index in [1.807, 2.05) is 0 Å². The normalized spacial score (nSPS) is 13.1. The molecule has 1 aromatic rings. The number of benzene rings is 1. The van der Waals surface area contributed by atoms with Gasteiger partial charge in [-0.1, -0.05) is 20.8 Å². The van der Waals surface area contributed by atoms with Crippen molar-refractivity contribution < 1.29 is 41.0 Å². The minimum Gasteiger partial charge on any atom is -0.444 e. The van der Waals surface area contributed by atoms with Crippen molar-refractivity contribution >= 4 is 12.1 Å². The zero-order valence-corrected chi connectivity index (χ0v) is 16.3. The van der Waals surface area contributed by atoms with E-state index in [1.165, 1.54) is 0 Å². The SMILES string of the molecule is CC(C)(C)C[C@H](NC(=O)OC(C)(C)C)C(=O)Oc1c(F)c(F)c(F)c(F)c1F. The molecule has 5 nitrogen and oxygen atoms in total. The van der Waals surface area contributed by atoms with E-state index in [4.69, 9.17) is 4.74 Å². The molecule has 158 valence electrons. The van der Waals surface area contributed by atoms with E-state index in [0.29, 0.717) is 0 Å². The van der Waals surface area contributed by atoms with Gasteiger partial charge in [0.15, 0.2) is 0 Å². The van der Waals surface area contributed by atoms with Crippen LogP contribution in [-0.2, 0) is 9.53 Å². The maximum atomic E-state index is 13.7. The lowest BCUT2D eigenvalue weighted by atomic mass is 9.88. The molecule has 1 rings (SSSR count). The second-order valence-corrected chi connectivity index (χ2v) is 8.28. The first-order valence-corrected chi connectivity index (χ1v) is 8.26. The van der Waals surface area contributed by atoms with Crippen LogP contribution < -0.4 is 10.1 Å². The highest BCUT2D eigenvalue weighted by atomic mass is 19.2. The molecule has 0 heterocycles. The molecule has 1 atom stereocenters. The summed E-state index contributed by atoms with van der Waals surface area (Å²) in [6.45, 7) is 9.79. The molecular formula is C18H22F5NO4. The lowest BCUT2D eigenvalue weighted by Crippen LogP contribution is -2.47. The number of ether oxygens (including phenoxy) is 2. The summed E-state index contributed by atoms with van der Waals surface area (Å²) >= 11 is 0. The van der Waals surface area contributed by atoms with Crippen molar-refractivity contribution in [3.63, 3.8) is 0 Å². The predicted octanol–water partition coefficient (Wildman–Crippen LogP) is 4.62. The number of nitrogens with one attached hydrogen (secondary N) is 1. The van der Waals surface area contributed by atoms with Gasteiger partial charge in [-0.25, -0.2) is 22.8 Å². The van der Waals surface area contributed by atoms with Crippen LogP contribution in [0.1, 0.15) is 48.0 Å². The topological polar surface area (TPSA) is 64.6 Å². The van der Waals surface area contributed by atoms with Gasteiger partial charge in [0.1, 0.15) is 11.6 Å². The molecule has 0 fully saturated rings. The standard InChI is InChI=1S/C18H22F5NO4/c1-17(2,3)7-8(24-16(26)28-18(4,5)6)15(25)27-14-12(22)10(20)9(19)11(21)13(14)23/h8H,7H2,1-6H3,(H,24,26)/t8-/m0/s1. The highest BCUT2D eigenvalue weighted by molar-refractivity contribution is 5.83. The molecule has 1 aromatic carbocycles. The van der Waals surface area contributed by atoms with Gasteiger partial charge in [-0.2, -0.15) is 8.78 Å². The van der Waals surface area contributed by atoms with E-state index >= 15 is 0 Å². The zero-order valence-electron chi connectivity index (χ0n) is 16.3. The lowest BCUT2D eigenvalue weighted by molar-refractivity contribution is -0.138. The molecule has 10 heteroatoms. The molecule has 0 aromatic heterocycles. The maximum Gasteiger partial charge on any atom is 0.408 e. The van der Waals surface area contributed by atoms with Crippen LogP contribution in [0.2, 0.25) is 0 Å². The Morgan fingerprint density at radius 2 is 1.29 bits per heavy atom. The van der Waals surface area contributed by atoms with Gasteiger partial charge in [-0.3, -0.25) is 0 Å². The summed E-state index contributed by atoms with van der Waals surface area (Å²) in [6, 6.07) is -1.47. The van der Waals surface area contributed by atoms with E-state index in [1.54, 1.807) is 41.5 Å². The van der Waals surface area contributed by atoms with Crippen molar-refractivity contribution in [2.75, 3.05) is 0 Å². The summed E-state index contributed by atoms with van der Waals surface area (Å²) in [5, 5.41) is 2.19. The van der Waals surface area contributed by atoms with Gasteiger partial charge in [0.2, 0.25) is 34.8 Å². The summed E-state index contributed by atoms with van der Waals surface area (Å²) in [7, 11) is 0. The van der Waals surface area contributed by atoms with Crippen molar-refractivity contribution in [3.05, 3.63) is 29.1 Å². The van der Waals surface area contributed by atoms with E-state index in [9.17, 15) is 31.5 Å². The van der Waals surface area contributed by atoms with Gasteiger partial charge in [0.05, 0.1) is 0 Å². The second-order valence-electron chi connectivity index (χ2n) is 8.28. The van der Waals surface area contributed by atoms with Crippen LogP contribution in [0.4, 0.5) is 26.7 Å². The molecule has 0 bridgehead atoms. The Hall–Kier alpha value is -2.39. The molecule has 1 N–H and O–H groups in total. The Balaban J connectivity index is 3.16. The number of carbonyl (C=O) groups excluding carboxylic acids is 2. The van der Waals surface area contributed by atoms with Gasteiger partial charge in [0, 0.05) is 0 Å². The van der Waals surface area contributed by atoms with Gasteiger partial charge in [-0.15, -0.1) is 0 Å². The Labute approximate surface area is 159 Å². The van der Waals surface area contributed by atoms with Crippen LogP contribution in [0, 0.1) is 34.5 Å². The molecule has 0 unspecified atom stereocenters. The largest absolute Gasteiger partial charge is 0.444 e. The molecule has 0 aliphatic carbocycles. The minimum atomic E-state index is -2.38. The fourth-order valence-corrected chi connectivity index (χ4v) is 2.10. The van der Waals surface area contributed by atoms with Crippen LogP contribution in [0.25, 0.3) is 0 Å². The Morgan fingerprint density at radius 1 is 0.857 bits per heavy atom. The number of hydrogen-bond donors (Lipinski definition) is 1. The summed E-state index contributed by atoms with van der Waals surface area (Å²) < 4.78 is 76.6. The number of rotatable bonds is 4. The van der Waals surface area contributed by atoms with Crippen molar-refractivity contribution in [1.29, 1.82) is 0 Å². The molecule has 0 aliphatic rings. The Bertz CT molecular complexity index is 740. The highest BCUT2D eigenvalue weighted by Gasteiger charge is 2.34. The minimum absolute atomic E-state index is 0.0690. The van der Waals surface area contributed by atoms with Crippen LogP contribution in [0.15, 0.2) is 0 Å². The average molecular weight is 411 g/mol. The van der Waals surface area contributed by atoms with Gasteiger partial charge in [-0.05, 0) is 32.6 Å². The summed E-state index contributed by atoms with van der Waals surface area (Å²) in [6.07, 6.45) is -1.09. The molecule has 0 aliphatic heterocycles. The number of hydrogen-bond acceptors (Lipinski definition) is 4. The van der Waals surface area contributed by atoms with Crippen LogP contribution in [-0.4, -0.2) is 23.7 Å². The quantitative estimate of drug-likeness (QED) is 0.258. The molecule has 0 saturated heterocycles. The Morgan fingerprint density at radius 3 is 1.68 bits per heavy atom. The number of carbonyl (C=O) groups is 2. The lowest BCUT2D eigenvalue weighted by Gasteiger charge is -2.27. The molecule has 0 radical (unpaired) electrons. The molecule has 0 saturated carbocycles. The van der Waals surface area contributed by atoms with Crippen LogP contribution in [0.3, 0.4) is 0 Å². The molecule has 28 heavy (non-hydrogen) atoms. The fourth-order valence-electron chi connectivity index (χ4n) is 2.10. The van der Waals surface area contributed by atoms with Crippen molar-refractivity contribution in [2.24, 2.45) is 5.41 Å². The average Bonchev–Trinajstić information content (AvgIpc) is 2.51. The highest BCUT2D eigenvalue weighted by Crippen LogP contribution is 2.30. The van der Waals surface area contributed by atoms with Crippen molar-refractivity contribution in [3.8, 4) is 5.75 Å². The summed E-state index contributed by atoms with van der Waals surface area (Å²) in [4.78, 5) is 24.3. The molecule has 1 amide bonds. The van der Waals surface area contributed by atoms with Gasteiger partial charge >= 0.3 is 12.1 Å². The molecule has 0 spiro atoms. The monoisotopic (exact) mass is 411 g/mol. The maximum absolute atomic E-state index is 13.7. The van der Waals surface area contributed by atoms with Gasteiger partial charge in [0.25, 0.3) is 0 Å². The van der Waals surface area contributed by atoms with Crippen molar-refractivity contribution in [2.45, 2.75) is 59.6 Å². The van der Waals surface area contributed by atoms with E-state index in [2.05, 4.69) is 10.1 Å². The Kier molecular flexibility index (Phi) is 7.03. The van der Waals surface area contributed by atoms with Crippen molar-refractivity contribution in [1.82, 2.24) is 5.32 Å². The van der Waals surface area contributed by atoms with E-state index < -0.39 is 64.0 Å². The third-order valence-corrected chi connectivity index (χ3v) is 3.16. The first kappa shape index (κ1) is 23.6. The number of halogens is 5. The smallest absolute Gasteiger partial charge is 0.408 e. The first-order valence-electron chi connectivity index (χ1n) is 8.26. The number of esters is 1. The molecular weight excluding hydrogens is 389 g/mol. The van der Waals surface area contributed by atoms with Crippen LogP contribution >= 0.6 is 0 Å². The number of amides is 1. The summed E-state index contributed by atoms with van der Waals surface area (Å²) in [5.41, 5.74) is -1.48. The third kappa shape index (κ3) is 6.35. The van der Waals surface area contributed by atoms with E-state index in [0.717, 1.165) is 0 Å². The first-order chi connectivity index (χ1) is 12.5. The van der Waals surface area contributed by atoms with Gasteiger partial charge < -0.3 is 14.8 Å².